The number of hydrogen-bond acceptors (Lipinski definition) is 7. The van der Waals surface area contributed by atoms with E-state index in [4.69, 9.17) is 4.74 Å². The highest BCUT2D eigenvalue weighted by Gasteiger charge is 2.23. The number of esters is 1. The molecule has 2 rings (SSSR count). The third-order valence-electron chi connectivity index (χ3n) is 3.61. The van der Waals surface area contributed by atoms with Crippen molar-refractivity contribution in [2.75, 3.05) is 11.9 Å². The molecule has 0 bridgehead atoms. The summed E-state index contributed by atoms with van der Waals surface area (Å²) in [5.74, 6) is -1.18. The van der Waals surface area contributed by atoms with Crippen molar-refractivity contribution >= 4 is 33.9 Å². The molecule has 1 N–H and O–H groups in total. The molecular formula is C17H15N3O5S. The first-order valence-corrected chi connectivity index (χ1v) is 8.38. The molecule has 1 heterocycles. The number of nitro benzene ring substituents is 1. The average molecular weight is 373 g/mol. The molecule has 0 aliphatic carbocycles. The Hall–Kier alpha value is -3.25. The Balaban J connectivity index is 2.37. The highest BCUT2D eigenvalue weighted by molar-refractivity contribution is 7.18. The number of ether oxygens (including phenoxy) is 1. The van der Waals surface area contributed by atoms with Crippen molar-refractivity contribution in [2.45, 2.75) is 20.8 Å². The molecule has 0 radical (unpaired) electrons. The smallest absolute Gasteiger partial charge is 0.348 e. The molecule has 0 atom stereocenters. The minimum atomic E-state index is -0.610. The van der Waals surface area contributed by atoms with Crippen LogP contribution in [0.25, 0.3) is 0 Å². The Morgan fingerprint density at radius 3 is 2.65 bits per heavy atom. The second kappa shape index (κ2) is 7.76. The Bertz CT molecular complexity index is 943. The number of benzene rings is 1. The fourth-order valence-corrected chi connectivity index (χ4v) is 3.30. The van der Waals surface area contributed by atoms with Gasteiger partial charge in [0.25, 0.3) is 11.6 Å². The Morgan fingerprint density at radius 1 is 1.38 bits per heavy atom. The highest BCUT2D eigenvalue weighted by atomic mass is 32.1. The van der Waals surface area contributed by atoms with E-state index in [1.807, 2.05) is 6.07 Å². The van der Waals surface area contributed by atoms with Gasteiger partial charge in [0.2, 0.25) is 0 Å². The van der Waals surface area contributed by atoms with E-state index in [1.54, 1.807) is 20.8 Å². The van der Waals surface area contributed by atoms with Crippen molar-refractivity contribution in [3.63, 3.8) is 0 Å². The van der Waals surface area contributed by atoms with Gasteiger partial charge in [-0.2, -0.15) is 5.26 Å². The molecule has 0 saturated heterocycles. The lowest BCUT2D eigenvalue weighted by Gasteiger charge is -2.04. The molecule has 0 aliphatic heterocycles. The first-order valence-electron chi connectivity index (χ1n) is 7.57. The molecule has 2 aromatic rings. The standard InChI is InChI=1S/C17H15N3O5S/c1-4-25-17(22)14-10(3)12(8-18)16(26-14)19-15(21)11-6-5-9(2)13(7-11)20(23)24/h5-7H,4H2,1-3H3,(H,19,21). The summed E-state index contributed by atoms with van der Waals surface area (Å²) < 4.78 is 4.94. The average Bonchev–Trinajstić information content (AvgIpc) is 2.90. The molecule has 134 valence electrons. The van der Waals surface area contributed by atoms with Gasteiger partial charge in [0.1, 0.15) is 15.9 Å². The van der Waals surface area contributed by atoms with E-state index in [0.717, 1.165) is 11.3 Å². The quantitative estimate of drug-likeness (QED) is 0.485. The van der Waals surface area contributed by atoms with Crippen molar-refractivity contribution in [2.24, 2.45) is 0 Å². The molecule has 9 heteroatoms. The molecule has 0 saturated carbocycles. The zero-order valence-corrected chi connectivity index (χ0v) is 15.1. The Labute approximate surface area is 153 Å². The number of amides is 1. The summed E-state index contributed by atoms with van der Waals surface area (Å²) in [4.78, 5) is 35.1. The van der Waals surface area contributed by atoms with E-state index in [-0.39, 0.29) is 33.3 Å². The number of nitrogens with zero attached hydrogens (tertiary/aromatic N) is 2. The van der Waals surface area contributed by atoms with Crippen LogP contribution in [0.2, 0.25) is 0 Å². The molecular weight excluding hydrogens is 358 g/mol. The predicted molar refractivity (Wildman–Crippen MR) is 95.5 cm³/mol. The van der Waals surface area contributed by atoms with E-state index in [1.165, 1.54) is 18.2 Å². The number of rotatable bonds is 5. The fraction of sp³-hybridized carbons (Fsp3) is 0.235. The predicted octanol–water partition coefficient (Wildman–Crippen LogP) is 3.57. The minimum Gasteiger partial charge on any atom is -0.462 e. The second-order valence-electron chi connectivity index (χ2n) is 5.31. The van der Waals surface area contributed by atoms with Crippen LogP contribution in [0.5, 0.6) is 0 Å². The SMILES string of the molecule is CCOC(=O)c1sc(NC(=O)c2ccc(C)c([N+](=O)[O-])c2)c(C#N)c1C. The van der Waals surface area contributed by atoms with E-state index >= 15 is 0 Å². The Morgan fingerprint density at radius 2 is 2.08 bits per heavy atom. The van der Waals surface area contributed by atoms with Crippen molar-refractivity contribution in [3.8, 4) is 6.07 Å². The molecule has 1 aromatic heterocycles. The minimum absolute atomic E-state index is 0.0786. The van der Waals surface area contributed by atoms with E-state index in [9.17, 15) is 25.0 Å². The normalized spacial score (nSPS) is 10.1. The van der Waals surface area contributed by atoms with Crippen LogP contribution >= 0.6 is 11.3 Å². The van der Waals surface area contributed by atoms with Gasteiger partial charge in [-0.05, 0) is 32.4 Å². The zero-order chi connectivity index (χ0) is 19.4. The van der Waals surface area contributed by atoms with Gasteiger partial charge in [-0.1, -0.05) is 6.07 Å². The van der Waals surface area contributed by atoms with Crippen LogP contribution in [0, 0.1) is 35.3 Å². The van der Waals surface area contributed by atoms with E-state index in [0.29, 0.717) is 11.1 Å². The number of nitrogens with one attached hydrogen (secondary N) is 1. The zero-order valence-electron chi connectivity index (χ0n) is 14.3. The van der Waals surface area contributed by atoms with Gasteiger partial charge in [-0.15, -0.1) is 11.3 Å². The number of carbonyl (C=O) groups excluding carboxylic acids is 2. The first kappa shape index (κ1) is 19.1. The lowest BCUT2D eigenvalue weighted by Crippen LogP contribution is -2.12. The van der Waals surface area contributed by atoms with Gasteiger partial charge in [-0.25, -0.2) is 4.79 Å². The van der Waals surface area contributed by atoms with Crippen LogP contribution in [0.3, 0.4) is 0 Å². The molecule has 1 amide bonds. The number of nitriles is 1. The first-order chi connectivity index (χ1) is 12.3. The number of anilines is 1. The maximum Gasteiger partial charge on any atom is 0.348 e. The second-order valence-corrected chi connectivity index (χ2v) is 6.33. The van der Waals surface area contributed by atoms with Gasteiger partial charge in [0.15, 0.2) is 0 Å². The van der Waals surface area contributed by atoms with Crippen LogP contribution in [-0.4, -0.2) is 23.4 Å². The van der Waals surface area contributed by atoms with Crippen LogP contribution in [0.15, 0.2) is 18.2 Å². The van der Waals surface area contributed by atoms with E-state index in [2.05, 4.69) is 5.32 Å². The maximum absolute atomic E-state index is 12.4. The highest BCUT2D eigenvalue weighted by Crippen LogP contribution is 2.33. The summed E-state index contributed by atoms with van der Waals surface area (Å²) in [6.45, 7) is 5.02. The topological polar surface area (TPSA) is 122 Å². The molecule has 0 spiro atoms. The third kappa shape index (κ3) is 3.70. The lowest BCUT2D eigenvalue weighted by atomic mass is 10.1. The van der Waals surface area contributed by atoms with Crippen molar-refractivity contribution in [1.29, 1.82) is 5.26 Å². The number of carbonyl (C=O) groups is 2. The number of aryl methyl sites for hydroxylation is 1. The molecule has 1 aromatic carbocycles. The van der Waals surface area contributed by atoms with Gasteiger partial charge >= 0.3 is 5.97 Å². The Kier molecular flexibility index (Phi) is 5.69. The summed E-state index contributed by atoms with van der Waals surface area (Å²) in [7, 11) is 0. The molecule has 0 aliphatic rings. The molecule has 0 fully saturated rings. The maximum atomic E-state index is 12.4. The van der Waals surface area contributed by atoms with Crippen LogP contribution < -0.4 is 5.32 Å². The van der Waals surface area contributed by atoms with Crippen molar-refractivity contribution in [3.05, 3.63) is 55.4 Å². The monoisotopic (exact) mass is 373 g/mol. The molecule has 8 nitrogen and oxygen atoms in total. The van der Waals surface area contributed by atoms with Crippen molar-refractivity contribution in [1.82, 2.24) is 0 Å². The van der Waals surface area contributed by atoms with E-state index < -0.39 is 16.8 Å². The number of hydrogen-bond donors (Lipinski definition) is 1. The number of thiophene rings is 1. The summed E-state index contributed by atoms with van der Waals surface area (Å²) in [5, 5.41) is 23.1. The summed E-state index contributed by atoms with van der Waals surface area (Å²) in [6.07, 6.45) is 0. The van der Waals surface area contributed by atoms with Gasteiger partial charge < -0.3 is 10.1 Å². The summed E-state index contributed by atoms with van der Waals surface area (Å²) in [5.41, 5.74) is 0.914. The van der Waals surface area contributed by atoms with Gasteiger partial charge in [-0.3, -0.25) is 14.9 Å². The molecule has 0 unspecified atom stereocenters. The van der Waals surface area contributed by atoms with Gasteiger partial charge in [0.05, 0.1) is 17.1 Å². The van der Waals surface area contributed by atoms with Crippen LogP contribution in [0.1, 0.15) is 43.6 Å². The summed E-state index contributed by atoms with van der Waals surface area (Å²) >= 11 is 0.933. The molecule has 26 heavy (non-hydrogen) atoms. The number of nitro groups is 1. The summed E-state index contributed by atoms with van der Waals surface area (Å²) in [6, 6.07) is 6.06. The third-order valence-corrected chi connectivity index (χ3v) is 4.80. The fourth-order valence-electron chi connectivity index (χ4n) is 2.25. The lowest BCUT2D eigenvalue weighted by molar-refractivity contribution is -0.385. The van der Waals surface area contributed by atoms with Crippen LogP contribution in [0.4, 0.5) is 10.7 Å². The van der Waals surface area contributed by atoms with Crippen molar-refractivity contribution < 1.29 is 19.2 Å². The van der Waals surface area contributed by atoms with Crippen LogP contribution in [-0.2, 0) is 4.74 Å². The largest absolute Gasteiger partial charge is 0.462 e. The van der Waals surface area contributed by atoms with Gasteiger partial charge in [0, 0.05) is 17.2 Å².